The van der Waals surface area contributed by atoms with E-state index in [1.807, 2.05) is 66.9 Å². The molecule has 1 saturated heterocycles. The monoisotopic (exact) mass is 894 g/mol. The van der Waals surface area contributed by atoms with E-state index in [4.69, 9.17) is 23.9 Å². The zero-order chi connectivity index (χ0) is 44.3. The van der Waals surface area contributed by atoms with Gasteiger partial charge >= 0.3 is 0 Å². The number of para-hydroxylation sites is 2. The van der Waals surface area contributed by atoms with Gasteiger partial charge in [-0.15, -0.1) is 11.3 Å². The minimum atomic E-state index is -3.96. The number of nitrogens with zero attached hydrogens (tertiary/aromatic N) is 4. The molecule has 2 aliphatic heterocycles. The van der Waals surface area contributed by atoms with Crippen LogP contribution in [0.3, 0.4) is 0 Å². The van der Waals surface area contributed by atoms with Crippen LogP contribution in [0, 0.1) is 18.3 Å². The van der Waals surface area contributed by atoms with E-state index in [-0.39, 0.29) is 48.9 Å². The average Bonchev–Trinajstić information content (AvgIpc) is 3.90. The Morgan fingerprint density at radius 3 is 2.60 bits per heavy atom. The number of hydrogen-bond acceptors (Lipinski definition) is 13. The number of benzene rings is 2. The van der Waals surface area contributed by atoms with Crippen molar-refractivity contribution in [1.82, 2.24) is 24.6 Å². The van der Waals surface area contributed by atoms with Gasteiger partial charge in [0.05, 0.1) is 41.1 Å². The highest BCUT2D eigenvalue weighted by molar-refractivity contribution is 7.91. The maximum absolute atomic E-state index is 15.0. The maximum Gasteiger partial charge on any atom is 0.296 e. The summed E-state index contributed by atoms with van der Waals surface area (Å²) >= 11 is 1.50. The minimum Gasteiger partial charge on any atom is -0.496 e. The molecular weight excluding hydrogens is 841 g/mol. The van der Waals surface area contributed by atoms with Gasteiger partial charge in [-0.2, -0.15) is 4.98 Å². The van der Waals surface area contributed by atoms with Crippen LogP contribution in [0.1, 0.15) is 102 Å². The van der Waals surface area contributed by atoms with Gasteiger partial charge in [-0.05, 0) is 88.5 Å². The molecule has 63 heavy (non-hydrogen) atoms. The van der Waals surface area contributed by atoms with Crippen molar-refractivity contribution >= 4 is 67.0 Å². The lowest BCUT2D eigenvalue weighted by Crippen LogP contribution is -2.49. The van der Waals surface area contributed by atoms with Crippen molar-refractivity contribution in [3.63, 3.8) is 0 Å². The molecule has 0 unspecified atom stereocenters. The Bertz CT molecular complexity index is 2710. The molecule has 2 amide bonds. The lowest BCUT2D eigenvalue weighted by atomic mass is 9.91. The number of Topliss-reactive ketones (excluding diaryl/α,β-unsaturated/α-hetero) is 1. The minimum absolute atomic E-state index is 0.0826. The normalized spacial score (nSPS) is 25.5. The molecule has 5 atom stereocenters. The summed E-state index contributed by atoms with van der Waals surface area (Å²) in [7, 11) is -2.34. The molecule has 9 rings (SSSR count). The Hall–Kier alpha value is -5.35. The number of hydrogen-bond donors (Lipinski definition) is 2. The fourth-order valence-electron chi connectivity index (χ4n) is 9.03. The number of allylic oxidation sites excluding steroid dienone is 2. The van der Waals surface area contributed by atoms with Gasteiger partial charge in [0, 0.05) is 35.2 Å². The van der Waals surface area contributed by atoms with Crippen LogP contribution in [-0.4, -0.2) is 82.5 Å². The SMILES string of the molecule is COc1ccc2c(O[C@@H]3C[C@H]4C(=O)C[C@]5(C(=O)NS(=O)(=O)C6(C)CC6)C[C@@H]5/C=C\CCCCC[C@H](Nc5nc6ccccc6o5)C(=O)N4C3)cc(-c3nc(C(C)C)cs3)nc2c1C. The molecule has 2 aromatic carbocycles. The van der Waals surface area contributed by atoms with Gasteiger partial charge in [-0.25, -0.2) is 18.4 Å². The summed E-state index contributed by atoms with van der Waals surface area (Å²) in [6.45, 7) is 7.84. The number of rotatable bonds is 10. The second kappa shape index (κ2) is 16.6. The molecule has 2 aliphatic carbocycles. The second-order valence-electron chi connectivity index (χ2n) is 18.3. The Balaban J connectivity index is 1.07. The lowest BCUT2D eigenvalue weighted by molar-refractivity contribution is -0.139. The van der Waals surface area contributed by atoms with Gasteiger partial charge in [0.15, 0.2) is 11.4 Å². The molecule has 4 aliphatic rings. The third-order valence-electron chi connectivity index (χ3n) is 13.4. The van der Waals surface area contributed by atoms with Crippen LogP contribution in [0.5, 0.6) is 11.5 Å². The van der Waals surface area contributed by atoms with Gasteiger partial charge < -0.3 is 24.1 Å². The molecule has 14 nitrogen and oxygen atoms in total. The van der Waals surface area contributed by atoms with Crippen molar-refractivity contribution in [2.24, 2.45) is 11.3 Å². The fraction of sp³-hybridized carbons (Fsp3) is 0.489. The molecule has 2 N–H and O–H groups in total. The molecule has 5 heterocycles. The molecule has 16 heteroatoms. The number of aromatic nitrogens is 3. The number of nitrogens with one attached hydrogen (secondary N) is 2. The number of ketones is 1. The van der Waals surface area contributed by atoms with Gasteiger partial charge in [0.1, 0.15) is 39.9 Å². The largest absolute Gasteiger partial charge is 0.496 e. The van der Waals surface area contributed by atoms with Crippen molar-refractivity contribution in [2.45, 2.75) is 121 Å². The molecule has 0 spiro atoms. The van der Waals surface area contributed by atoms with Crippen molar-refractivity contribution in [3.05, 3.63) is 71.3 Å². The molecule has 332 valence electrons. The van der Waals surface area contributed by atoms with E-state index >= 15 is 4.79 Å². The van der Waals surface area contributed by atoms with E-state index in [9.17, 15) is 18.0 Å². The van der Waals surface area contributed by atoms with E-state index < -0.39 is 44.3 Å². The zero-order valence-corrected chi connectivity index (χ0v) is 37.9. The molecule has 3 aromatic heterocycles. The Labute approximate surface area is 371 Å². The predicted octanol–water partition coefficient (Wildman–Crippen LogP) is 8.25. The van der Waals surface area contributed by atoms with Crippen molar-refractivity contribution in [3.8, 4) is 22.2 Å². The molecule has 0 radical (unpaired) electrons. The first-order valence-electron chi connectivity index (χ1n) is 22.0. The van der Waals surface area contributed by atoms with E-state index in [2.05, 4.69) is 28.9 Å². The number of carbonyl (C=O) groups excluding carboxylic acids is 3. The third-order valence-corrected chi connectivity index (χ3v) is 16.5. The Morgan fingerprint density at radius 1 is 1.05 bits per heavy atom. The van der Waals surface area contributed by atoms with Gasteiger partial charge in [0.25, 0.3) is 6.01 Å². The second-order valence-corrected chi connectivity index (χ2v) is 21.3. The number of amides is 2. The zero-order valence-electron chi connectivity index (χ0n) is 36.3. The van der Waals surface area contributed by atoms with Crippen molar-refractivity contribution in [1.29, 1.82) is 0 Å². The molecule has 0 bridgehead atoms. The van der Waals surface area contributed by atoms with Crippen LogP contribution in [0.25, 0.3) is 32.7 Å². The Morgan fingerprint density at radius 2 is 1.86 bits per heavy atom. The number of ether oxygens (including phenoxy) is 2. The van der Waals surface area contributed by atoms with Crippen LogP contribution in [0.15, 0.2) is 64.4 Å². The van der Waals surface area contributed by atoms with E-state index in [0.29, 0.717) is 59.5 Å². The number of carbonyl (C=O) groups is 3. The number of thiazole rings is 1. The standard InChI is InChI=1S/C47H54N6O8S2/c1-27(2)35-26-62-42(49-35)34-22-40(31-17-18-38(59-5)28(3)41(31)48-34)60-30-21-36-37(54)24-47(44(56)52-63(57,58)46(4)19-20-46)23-29(47)13-9-7-6-8-10-15-33(43(55)53(36)25-30)51-45-50-32-14-11-12-16-39(32)61-45/h9,11-14,16-18,22,26-27,29-30,33,36H,6-8,10,15,19-21,23-25H2,1-5H3,(H,50,51)(H,52,56)/b13-9-/t29-,30+,33-,36-,47+/m0/s1. The van der Waals surface area contributed by atoms with Crippen LogP contribution in [-0.2, 0) is 24.4 Å². The third kappa shape index (κ3) is 8.31. The average molecular weight is 895 g/mol. The summed E-state index contributed by atoms with van der Waals surface area (Å²) < 4.78 is 46.7. The van der Waals surface area contributed by atoms with Gasteiger partial charge in [-0.1, -0.05) is 51.0 Å². The molecule has 3 fully saturated rings. The number of pyridine rings is 1. The van der Waals surface area contributed by atoms with E-state index in [1.165, 1.54) is 11.3 Å². The van der Waals surface area contributed by atoms with Gasteiger partial charge in [-0.3, -0.25) is 19.1 Å². The lowest BCUT2D eigenvalue weighted by Gasteiger charge is -2.29. The van der Waals surface area contributed by atoms with E-state index in [1.54, 1.807) is 18.9 Å². The van der Waals surface area contributed by atoms with Crippen LogP contribution < -0.4 is 19.5 Å². The highest BCUT2D eigenvalue weighted by Gasteiger charge is 2.62. The molecular formula is C47H54N6O8S2. The summed E-state index contributed by atoms with van der Waals surface area (Å²) in [6.07, 6.45) is 8.18. The molecule has 2 saturated carbocycles. The smallest absolute Gasteiger partial charge is 0.296 e. The van der Waals surface area contributed by atoms with Crippen LogP contribution in [0.2, 0.25) is 0 Å². The topological polar surface area (TPSA) is 183 Å². The van der Waals surface area contributed by atoms with Crippen molar-refractivity contribution < 1.29 is 36.7 Å². The summed E-state index contributed by atoms with van der Waals surface area (Å²) in [4.78, 5) is 60.2. The number of aryl methyl sites for hydroxylation is 1. The Kier molecular flexibility index (Phi) is 11.3. The van der Waals surface area contributed by atoms with Crippen LogP contribution >= 0.6 is 11.3 Å². The number of sulfonamides is 1. The summed E-state index contributed by atoms with van der Waals surface area (Å²) in [5.41, 5.74) is 3.06. The highest BCUT2D eigenvalue weighted by atomic mass is 32.2. The number of methoxy groups -OCH3 is 1. The molecule has 5 aromatic rings. The first-order chi connectivity index (χ1) is 30.2. The number of oxazole rings is 1. The summed E-state index contributed by atoms with van der Waals surface area (Å²) in [5.74, 6) is -0.184. The maximum atomic E-state index is 15.0. The first-order valence-corrected chi connectivity index (χ1v) is 24.3. The van der Waals surface area contributed by atoms with E-state index in [0.717, 1.165) is 47.3 Å². The number of anilines is 1. The first kappa shape index (κ1) is 42.9. The summed E-state index contributed by atoms with van der Waals surface area (Å²) in [5, 5.41) is 6.79. The fourth-order valence-corrected chi connectivity index (χ4v) is 11.3. The predicted molar refractivity (Wildman–Crippen MR) is 241 cm³/mol. The van der Waals surface area contributed by atoms with Gasteiger partial charge in [0.2, 0.25) is 21.8 Å². The quantitative estimate of drug-likeness (QED) is 0.128. The summed E-state index contributed by atoms with van der Waals surface area (Å²) in [6, 6.07) is 11.5. The number of fused-ring (bicyclic) bond motifs is 4. The highest BCUT2D eigenvalue weighted by Crippen LogP contribution is 2.57. The van der Waals surface area contributed by atoms with Crippen LogP contribution in [0.4, 0.5) is 6.01 Å². The van der Waals surface area contributed by atoms with Crippen molar-refractivity contribution in [2.75, 3.05) is 19.0 Å².